The third-order valence-electron chi connectivity index (χ3n) is 10.3. The zero-order chi connectivity index (χ0) is 36.7. The van der Waals surface area contributed by atoms with Crippen LogP contribution in [0.1, 0.15) is 5.56 Å². The average molecular weight is 702 g/mol. The fourth-order valence-electron chi connectivity index (χ4n) is 7.71. The van der Waals surface area contributed by atoms with Crippen molar-refractivity contribution in [3.63, 3.8) is 0 Å². The van der Waals surface area contributed by atoms with Crippen LogP contribution in [0.25, 0.3) is 94.7 Å². The van der Waals surface area contributed by atoms with Crippen molar-refractivity contribution in [3.8, 4) is 68.2 Å². The molecule has 0 amide bonds. The monoisotopic (exact) mass is 701 g/mol. The van der Waals surface area contributed by atoms with Crippen LogP contribution >= 0.6 is 0 Å². The van der Waals surface area contributed by atoms with Crippen LogP contribution in [0.2, 0.25) is 0 Å². The van der Waals surface area contributed by atoms with E-state index in [0.29, 0.717) is 23.0 Å². The lowest BCUT2D eigenvalue weighted by Crippen LogP contribution is -2.00. The van der Waals surface area contributed by atoms with Crippen LogP contribution in [-0.2, 0) is 0 Å². The van der Waals surface area contributed by atoms with Gasteiger partial charge in [-0.05, 0) is 63.4 Å². The molecule has 5 nitrogen and oxygen atoms in total. The SMILES string of the molecule is N#Cc1cc(-c2ccc3ccccc3c2-c2ccc(-c3nc(-c4ccccc4)nc(-c4ccccc4)n3)cc2)cc(-n2c3ccccc3c3ccccc32)c1. The molecule has 256 valence electrons. The lowest BCUT2D eigenvalue weighted by molar-refractivity contribution is 1.07. The predicted octanol–water partition coefficient (Wildman–Crippen LogP) is 12.3. The van der Waals surface area contributed by atoms with Crippen molar-refractivity contribution in [2.45, 2.75) is 0 Å². The molecule has 0 radical (unpaired) electrons. The molecule has 0 aliphatic rings. The van der Waals surface area contributed by atoms with Gasteiger partial charge in [0, 0.05) is 33.2 Å². The van der Waals surface area contributed by atoms with E-state index in [4.69, 9.17) is 15.0 Å². The van der Waals surface area contributed by atoms with Crippen molar-refractivity contribution in [2.75, 3.05) is 0 Å². The normalized spacial score (nSPS) is 11.3. The first-order chi connectivity index (χ1) is 27.2. The number of para-hydroxylation sites is 2. The number of nitrogens with zero attached hydrogens (tertiary/aromatic N) is 5. The van der Waals surface area contributed by atoms with Crippen LogP contribution in [0.4, 0.5) is 0 Å². The Hall–Kier alpha value is -7.68. The first-order valence-electron chi connectivity index (χ1n) is 18.3. The molecule has 10 aromatic rings. The molecule has 2 aromatic heterocycles. The molecule has 55 heavy (non-hydrogen) atoms. The van der Waals surface area contributed by atoms with Gasteiger partial charge in [0.25, 0.3) is 0 Å². The maximum atomic E-state index is 10.4. The molecule has 5 heteroatoms. The summed E-state index contributed by atoms with van der Waals surface area (Å²) in [5, 5.41) is 15.0. The Morgan fingerprint density at radius 1 is 0.400 bits per heavy atom. The number of nitriles is 1. The summed E-state index contributed by atoms with van der Waals surface area (Å²) in [5.41, 5.74) is 10.7. The van der Waals surface area contributed by atoms with E-state index >= 15 is 0 Å². The molecular formula is C50H31N5. The van der Waals surface area contributed by atoms with E-state index < -0.39 is 0 Å². The second-order valence-electron chi connectivity index (χ2n) is 13.6. The minimum Gasteiger partial charge on any atom is -0.309 e. The molecule has 0 aliphatic heterocycles. The number of hydrogen-bond donors (Lipinski definition) is 0. The molecule has 0 fully saturated rings. The summed E-state index contributed by atoms with van der Waals surface area (Å²) in [5.74, 6) is 1.86. The van der Waals surface area contributed by atoms with Gasteiger partial charge >= 0.3 is 0 Å². The number of rotatable bonds is 6. The van der Waals surface area contributed by atoms with Gasteiger partial charge in [0.05, 0.1) is 22.7 Å². The van der Waals surface area contributed by atoms with E-state index in [1.807, 2.05) is 72.8 Å². The van der Waals surface area contributed by atoms with Crippen molar-refractivity contribution in [1.29, 1.82) is 5.26 Å². The third-order valence-corrected chi connectivity index (χ3v) is 10.3. The fourth-order valence-corrected chi connectivity index (χ4v) is 7.71. The number of aromatic nitrogens is 4. The van der Waals surface area contributed by atoms with E-state index in [9.17, 15) is 5.26 Å². The van der Waals surface area contributed by atoms with E-state index in [-0.39, 0.29) is 0 Å². The lowest BCUT2D eigenvalue weighted by Gasteiger charge is -2.17. The van der Waals surface area contributed by atoms with Crippen LogP contribution in [-0.4, -0.2) is 19.5 Å². The van der Waals surface area contributed by atoms with Gasteiger partial charge in [0.2, 0.25) is 0 Å². The van der Waals surface area contributed by atoms with E-state index in [1.165, 1.54) is 10.8 Å². The molecule has 0 N–H and O–H groups in total. The molecule has 8 aromatic carbocycles. The van der Waals surface area contributed by atoms with Crippen molar-refractivity contribution in [1.82, 2.24) is 19.5 Å². The fraction of sp³-hybridized carbons (Fsp3) is 0. The largest absolute Gasteiger partial charge is 0.309 e. The standard InChI is InChI=1S/C50H31N5/c51-32-33-29-39(31-40(30-33)55-45-21-11-9-19-43(45)44-20-10-12-22-46(44)55)42-28-27-34-13-7-8-18-41(34)47(42)35-23-25-38(26-24-35)50-53-48(36-14-3-1-4-15-36)52-49(54-50)37-16-5-2-6-17-37/h1-31H. The number of hydrogen-bond acceptors (Lipinski definition) is 4. The Bertz CT molecular complexity index is 2970. The molecule has 10 rings (SSSR count). The third kappa shape index (κ3) is 5.70. The van der Waals surface area contributed by atoms with Gasteiger partial charge in [-0.25, -0.2) is 15.0 Å². The zero-order valence-electron chi connectivity index (χ0n) is 29.6. The molecule has 0 aliphatic carbocycles. The number of fused-ring (bicyclic) bond motifs is 4. The van der Waals surface area contributed by atoms with Crippen molar-refractivity contribution >= 4 is 32.6 Å². The summed E-state index contributed by atoms with van der Waals surface area (Å²) < 4.78 is 2.27. The van der Waals surface area contributed by atoms with Crippen LogP contribution in [0.5, 0.6) is 0 Å². The van der Waals surface area contributed by atoms with Gasteiger partial charge in [0.15, 0.2) is 17.5 Å². The Morgan fingerprint density at radius 3 is 1.47 bits per heavy atom. The van der Waals surface area contributed by atoms with Gasteiger partial charge in [-0.15, -0.1) is 0 Å². The second kappa shape index (κ2) is 13.4. The highest BCUT2D eigenvalue weighted by Gasteiger charge is 2.18. The molecule has 0 saturated carbocycles. The van der Waals surface area contributed by atoms with E-state index in [2.05, 4.69) is 126 Å². The van der Waals surface area contributed by atoms with Gasteiger partial charge in [0.1, 0.15) is 0 Å². The molecule has 0 bridgehead atoms. The first-order valence-corrected chi connectivity index (χ1v) is 18.3. The number of benzene rings is 8. The van der Waals surface area contributed by atoms with Gasteiger partial charge in [-0.3, -0.25) is 0 Å². The predicted molar refractivity (Wildman–Crippen MR) is 224 cm³/mol. The minimum absolute atomic E-state index is 0.599. The van der Waals surface area contributed by atoms with Crippen LogP contribution in [0.15, 0.2) is 188 Å². The van der Waals surface area contributed by atoms with Gasteiger partial charge in [-0.1, -0.05) is 158 Å². The highest BCUT2D eigenvalue weighted by molar-refractivity contribution is 6.09. The van der Waals surface area contributed by atoms with Crippen LogP contribution in [0.3, 0.4) is 0 Å². The maximum absolute atomic E-state index is 10.4. The molecule has 2 heterocycles. The molecule has 0 unspecified atom stereocenters. The zero-order valence-corrected chi connectivity index (χ0v) is 29.6. The van der Waals surface area contributed by atoms with Gasteiger partial charge in [-0.2, -0.15) is 5.26 Å². The summed E-state index contributed by atoms with van der Waals surface area (Å²) in [6, 6.07) is 66.9. The van der Waals surface area contributed by atoms with Crippen molar-refractivity contribution < 1.29 is 0 Å². The summed E-state index contributed by atoms with van der Waals surface area (Å²) in [6.45, 7) is 0. The second-order valence-corrected chi connectivity index (χ2v) is 13.6. The summed E-state index contributed by atoms with van der Waals surface area (Å²) in [7, 11) is 0. The topological polar surface area (TPSA) is 67.4 Å². The summed E-state index contributed by atoms with van der Waals surface area (Å²) in [4.78, 5) is 14.8. The molecule has 0 saturated heterocycles. The molecule has 0 atom stereocenters. The molecular weight excluding hydrogens is 671 g/mol. The highest BCUT2D eigenvalue weighted by Crippen LogP contribution is 2.41. The van der Waals surface area contributed by atoms with Crippen LogP contribution < -0.4 is 0 Å². The Morgan fingerprint density at radius 2 is 0.891 bits per heavy atom. The highest BCUT2D eigenvalue weighted by atomic mass is 15.0. The van der Waals surface area contributed by atoms with Crippen molar-refractivity contribution in [3.05, 3.63) is 194 Å². The Kier molecular flexibility index (Phi) is 7.79. The molecule has 0 spiro atoms. The lowest BCUT2D eigenvalue weighted by atomic mass is 9.88. The maximum Gasteiger partial charge on any atom is 0.164 e. The minimum atomic E-state index is 0.599. The summed E-state index contributed by atoms with van der Waals surface area (Å²) in [6.07, 6.45) is 0. The Labute approximate surface area is 318 Å². The Balaban J connectivity index is 1.14. The average Bonchev–Trinajstić information content (AvgIpc) is 3.61. The van der Waals surface area contributed by atoms with E-state index in [1.54, 1.807) is 0 Å². The smallest absolute Gasteiger partial charge is 0.164 e. The van der Waals surface area contributed by atoms with Crippen molar-refractivity contribution in [2.24, 2.45) is 0 Å². The van der Waals surface area contributed by atoms with Gasteiger partial charge < -0.3 is 4.57 Å². The summed E-state index contributed by atoms with van der Waals surface area (Å²) >= 11 is 0. The first kappa shape index (κ1) is 32.0. The van der Waals surface area contributed by atoms with E-state index in [0.717, 1.165) is 66.4 Å². The quantitative estimate of drug-likeness (QED) is 0.173. The van der Waals surface area contributed by atoms with Crippen LogP contribution in [0, 0.1) is 11.3 Å².